The third-order valence-corrected chi connectivity index (χ3v) is 2.00. The predicted molar refractivity (Wildman–Crippen MR) is 50.8 cm³/mol. The lowest BCUT2D eigenvalue weighted by atomic mass is 9.97. The van der Waals surface area contributed by atoms with Crippen molar-refractivity contribution in [2.24, 2.45) is 0 Å². The second-order valence-corrected chi connectivity index (χ2v) is 2.97. The SMILES string of the molecule is CC(C#N)c1ccc(N)cc1CO. The van der Waals surface area contributed by atoms with Gasteiger partial charge < -0.3 is 10.8 Å². The van der Waals surface area contributed by atoms with Crippen molar-refractivity contribution in [3.8, 4) is 6.07 Å². The standard InChI is InChI=1S/C10H12N2O/c1-7(5-11)10-3-2-9(12)4-8(10)6-13/h2-4,7,13H,6,12H2,1H3. The lowest BCUT2D eigenvalue weighted by Crippen LogP contribution is -1.99. The highest BCUT2D eigenvalue weighted by Crippen LogP contribution is 2.21. The molecule has 68 valence electrons. The monoisotopic (exact) mass is 176 g/mol. The molecule has 13 heavy (non-hydrogen) atoms. The fourth-order valence-corrected chi connectivity index (χ4v) is 1.25. The molecule has 0 radical (unpaired) electrons. The van der Waals surface area contributed by atoms with Crippen molar-refractivity contribution in [1.82, 2.24) is 0 Å². The predicted octanol–water partition coefficient (Wildman–Crippen LogP) is 1.39. The number of nitriles is 1. The Kier molecular flexibility index (Phi) is 2.88. The van der Waals surface area contributed by atoms with E-state index < -0.39 is 0 Å². The maximum absolute atomic E-state index is 9.02. The van der Waals surface area contributed by atoms with Gasteiger partial charge >= 0.3 is 0 Å². The number of hydrogen-bond acceptors (Lipinski definition) is 3. The van der Waals surface area contributed by atoms with E-state index in [1.165, 1.54) is 0 Å². The molecule has 1 rings (SSSR count). The van der Waals surface area contributed by atoms with Crippen LogP contribution in [0.25, 0.3) is 0 Å². The lowest BCUT2D eigenvalue weighted by Gasteiger charge is -2.09. The van der Waals surface area contributed by atoms with Gasteiger partial charge in [0.2, 0.25) is 0 Å². The maximum Gasteiger partial charge on any atom is 0.0701 e. The minimum atomic E-state index is -0.206. The summed E-state index contributed by atoms with van der Waals surface area (Å²) in [6.07, 6.45) is 0. The molecule has 3 nitrogen and oxygen atoms in total. The maximum atomic E-state index is 9.02. The summed E-state index contributed by atoms with van der Waals surface area (Å²) in [5.74, 6) is -0.206. The molecule has 1 unspecified atom stereocenters. The largest absolute Gasteiger partial charge is 0.399 e. The summed E-state index contributed by atoms with van der Waals surface area (Å²) in [5.41, 5.74) is 7.74. The summed E-state index contributed by atoms with van der Waals surface area (Å²) in [7, 11) is 0. The molecule has 0 aliphatic rings. The van der Waals surface area contributed by atoms with E-state index in [-0.39, 0.29) is 12.5 Å². The van der Waals surface area contributed by atoms with Gasteiger partial charge in [0.1, 0.15) is 0 Å². The van der Waals surface area contributed by atoms with Crippen molar-refractivity contribution in [2.75, 3.05) is 5.73 Å². The fraction of sp³-hybridized carbons (Fsp3) is 0.300. The van der Waals surface area contributed by atoms with E-state index in [9.17, 15) is 0 Å². The van der Waals surface area contributed by atoms with Crippen LogP contribution >= 0.6 is 0 Å². The quantitative estimate of drug-likeness (QED) is 0.669. The zero-order chi connectivity index (χ0) is 9.84. The topological polar surface area (TPSA) is 70.0 Å². The number of hydrogen-bond donors (Lipinski definition) is 2. The van der Waals surface area contributed by atoms with Crippen LogP contribution in [0.4, 0.5) is 5.69 Å². The van der Waals surface area contributed by atoms with Crippen LogP contribution in [-0.4, -0.2) is 5.11 Å². The van der Waals surface area contributed by atoms with Crippen LogP contribution in [0.1, 0.15) is 24.0 Å². The first-order valence-electron chi connectivity index (χ1n) is 4.07. The molecule has 1 aromatic carbocycles. The van der Waals surface area contributed by atoms with Gasteiger partial charge in [0.15, 0.2) is 0 Å². The molecule has 0 amide bonds. The molecule has 0 fully saturated rings. The molecule has 0 bridgehead atoms. The van der Waals surface area contributed by atoms with Crippen LogP contribution in [0, 0.1) is 11.3 Å². The van der Waals surface area contributed by atoms with E-state index in [1.807, 2.05) is 0 Å². The molecule has 3 heteroatoms. The van der Waals surface area contributed by atoms with Crippen LogP contribution in [0.15, 0.2) is 18.2 Å². The van der Waals surface area contributed by atoms with Gasteiger partial charge in [-0.1, -0.05) is 6.07 Å². The Bertz CT molecular complexity index is 341. The first kappa shape index (κ1) is 9.56. The van der Waals surface area contributed by atoms with Gasteiger partial charge in [-0.15, -0.1) is 0 Å². The van der Waals surface area contributed by atoms with Crippen molar-refractivity contribution in [3.63, 3.8) is 0 Å². The molecular formula is C10H12N2O. The molecule has 0 saturated carbocycles. The Labute approximate surface area is 77.4 Å². The molecule has 0 saturated heterocycles. The van der Waals surface area contributed by atoms with Crippen LogP contribution < -0.4 is 5.73 Å². The second kappa shape index (κ2) is 3.92. The second-order valence-electron chi connectivity index (χ2n) is 2.97. The van der Waals surface area contributed by atoms with Gasteiger partial charge in [0.25, 0.3) is 0 Å². The van der Waals surface area contributed by atoms with Crippen molar-refractivity contribution in [1.29, 1.82) is 5.26 Å². The third kappa shape index (κ3) is 1.98. The molecule has 0 aliphatic carbocycles. The van der Waals surface area contributed by atoms with Crippen LogP contribution in [0.5, 0.6) is 0 Å². The van der Waals surface area contributed by atoms with E-state index >= 15 is 0 Å². The Morgan fingerprint density at radius 2 is 2.31 bits per heavy atom. The summed E-state index contributed by atoms with van der Waals surface area (Å²) in [5, 5.41) is 17.7. The van der Waals surface area contributed by atoms with Crippen LogP contribution in [0.3, 0.4) is 0 Å². The van der Waals surface area contributed by atoms with Gasteiger partial charge in [0, 0.05) is 5.69 Å². The Morgan fingerprint density at radius 1 is 1.62 bits per heavy atom. The lowest BCUT2D eigenvalue weighted by molar-refractivity contribution is 0.280. The molecule has 0 heterocycles. The number of rotatable bonds is 2. The number of nitrogens with zero attached hydrogens (tertiary/aromatic N) is 1. The Balaban J connectivity index is 3.15. The normalized spacial score (nSPS) is 12.1. The van der Waals surface area contributed by atoms with Crippen molar-refractivity contribution in [3.05, 3.63) is 29.3 Å². The summed E-state index contributed by atoms with van der Waals surface area (Å²) in [6, 6.07) is 7.35. The van der Waals surface area contributed by atoms with E-state index in [0.29, 0.717) is 5.69 Å². The molecular weight excluding hydrogens is 164 g/mol. The van der Waals surface area contributed by atoms with Gasteiger partial charge in [0.05, 0.1) is 18.6 Å². The number of aliphatic hydroxyl groups is 1. The number of nitrogen functional groups attached to an aromatic ring is 1. The van der Waals surface area contributed by atoms with Crippen LogP contribution in [0.2, 0.25) is 0 Å². The first-order valence-corrected chi connectivity index (χ1v) is 4.07. The molecule has 0 aromatic heterocycles. The summed E-state index contributed by atoms with van der Waals surface area (Å²) in [4.78, 5) is 0. The number of aliphatic hydroxyl groups excluding tert-OH is 1. The number of benzene rings is 1. The van der Waals surface area contributed by atoms with Gasteiger partial charge in [-0.05, 0) is 30.2 Å². The first-order chi connectivity index (χ1) is 6.19. The molecule has 1 aromatic rings. The highest BCUT2D eigenvalue weighted by Gasteiger charge is 2.08. The minimum Gasteiger partial charge on any atom is -0.399 e. The highest BCUT2D eigenvalue weighted by molar-refractivity contribution is 5.46. The molecule has 3 N–H and O–H groups in total. The third-order valence-electron chi connectivity index (χ3n) is 2.00. The fourth-order valence-electron chi connectivity index (χ4n) is 1.25. The zero-order valence-electron chi connectivity index (χ0n) is 7.49. The number of anilines is 1. The molecule has 1 atom stereocenters. The van der Waals surface area contributed by atoms with E-state index in [0.717, 1.165) is 11.1 Å². The molecule has 0 aliphatic heterocycles. The Morgan fingerprint density at radius 3 is 2.85 bits per heavy atom. The average Bonchev–Trinajstić information content (AvgIpc) is 2.16. The van der Waals surface area contributed by atoms with Crippen molar-refractivity contribution in [2.45, 2.75) is 19.4 Å². The number of nitrogens with two attached hydrogens (primary N) is 1. The van der Waals surface area contributed by atoms with E-state index in [2.05, 4.69) is 6.07 Å². The average molecular weight is 176 g/mol. The van der Waals surface area contributed by atoms with Crippen LogP contribution in [-0.2, 0) is 6.61 Å². The minimum absolute atomic E-state index is 0.0770. The van der Waals surface area contributed by atoms with Gasteiger partial charge in [-0.25, -0.2) is 0 Å². The van der Waals surface area contributed by atoms with Crippen molar-refractivity contribution < 1.29 is 5.11 Å². The van der Waals surface area contributed by atoms with Crippen molar-refractivity contribution >= 4 is 5.69 Å². The highest BCUT2D eigenvalue weighted by atomic mass is 16.3. The van der Waals surface area contributed by atoms with E-state index in [4.69, 9.17) is 16.1 Å². The smallest absolute Gasteiger partial charge is 0.0701 e. The summed E-state index contributed by atoms with van der Waals surface area (Å²) in [6.45, 7) is 1.72. The van der Waals surface area contributed by atoms with Gasteiger partial charge in [-0.3, -0.25) is 0 Å². The van der Waals surface area contributed by atoms with Gasteiger partial charge in [-0.2, -0.15) is 5.26 Å². The zero-order valence-corrected chi connectivity index (χ0v) is 7.49. The summed E-state index contributed by atoms with van der Waals surface area (Å²) >= 11 is 0. The Hall–Kier alpha value is -1.53. The summed E-state index contributed by atoms with van der Waals surface area (Å²) < 4.78 is 0. The van der Waals surface area contributed by atoms with E-state index in [1.54, 1.807) is 25.1 Å². The molecule has 0 spiro atoms.